The highest BCUT2D eigenvalue weighted by molar-refractivity contribution is 7.85. The molecule has 3 aromatic rings. The van der Waals surface area contributed by atoms with Crippen molar-refractivity contribution in [2.75, 3.05) is 0 Å². The fourth-order valence-electron chi connectivity index (χ4n) is 3.86. The van der Waals surface area contributed by atoms with Crippen molar-refractivity contribution in [3.05, 3.63) is 83.4 Å². The molecule has 0 aliphatic carbocycles. The number of aromatic nitrogens is 2. The van der Waals surface area contributed by atoms with Gasteiger partial charge in [-0.05, 0) is 36.1 Å². The molecule has 0 radical (unpaired) electrons. The maximum atomic E-state index is 13.3. The van der Waals surface area contributed by atoms with E-state index in [1.54, 1.807) is 22.2 Å². The summed E-state index contributed by atoms with van der Waals surface area (Å²) in [5.74, 6) is -0.340. The molecular formula is C25H30N4O6S. The lowest BCUT2D eigenvalue weighted by Gasteiger charge is -2.19. The number of carbonyl (C=O) groups excluding carboxylic acids is 2. The molecule has 0 fully saturated rings. The van der Waals surface area contributed by atoms with Gasteiger partial charge in [0.15, 0.2) is 0 Å². The summed E-state index contributed by atoms with van der Waals surface area (Å²) >= 11 is 0. The van der Waals surface area contributed by atoms with Crippen LogP contribution in [-0.2, 0) is 34.3 Å². The number of benzene rings is 2. The average molecular weight is 515 g/mol. The molecule has 0 aliphatic heterocycles. The van der Waals surface area contributed by atoms with Crippen molar-refractivity contribution >= 4 is 21.9 Å². The monoisotopic (exact) mass is 514 g/mol. The number of hydrogen-bond donors (Lipinski definition) is 4. The van der Waals surface area contributed by atoms with Crippen LogP contribution < -0.4 is 10.8 Å². The van der Waals surface area contributed by atoms with Crippen LogP contribution in [0.3, 0.4) is 0 Å². The second-order valence-corrected chi connectivity index (χ2v) is 9.89. The number of amides is 2. The van der Waals surface area contributed by atoms with Gasteiger partial charge in [-0.1, -0.05) is 55.8 Å². The van der Waals surface area contributed by atoms with Gasteiger partial charge in [0.1, 0.15) is 11.5 Å². The zero-order valence-corrected chi connectivity index (χ0v) is 20.7. The van der Waals surface area contributed by atoms with E-state index in [2.05, 4.69) is 17.2 Å². The molecule has 0 bridgehead atoms. The summed E-state index contributed by atoms with van der Waals surface area (Å²) in [5.41, 5.74) is 3.54. The predicted octanol–water partition coefficient (Wildman–Crippen LogP) is 2.76. The summed E-state index contributed by atoms with van der Waals surface area (Å²) in [7, 11) is -4.31. The highest BCUT2D eigenvalue weighted by Crippen LogP contribution is 2.16. The molecule has 0 saturated carbocycles. The lowest BCUT2D eigenvalue weighted by atomic mass is 10.0. The van der Waals surface area contributed by atoms with E-state index in [9.17, 15) is 22.6 Å². The number of carbonyl (C=O) groups is 2. The quantitative estimate of drug-likeness (QED) is 0.165. The summed E-state index contributed by atoms with van der Waals surface area (Å²) in [5, 5.41) is 11.9. The number of nitrogens with one attached hydrogen (secondary N) is 2. The maximum Gasteiger partial charge on any atom is 0.294 e. The summed E-state index contributed by atoms with van der Waals surface area (Å²) in [6.07, 6.45) is 4.20. The zero-order chi connectivity index (χ0) is 26.1. The maximum absolute atomic E-state index is 13.3. The van der Waals surface area contributed by atoms with Gasteiger partial charge < -0.3 is 9.88 Å². The molecule has 0 unspecified atom stereocenters. The molecule has 1 atom stereocenters. The van der Waals surface area contributed by atoms with E-state index in [0.717, 1.165) is 18.4 Å². The molecule has 4 N–H and O–H groups in total. The average Bonchev–Trinajstić information content (AvgIpc) is 3.25. The van der Waals surface area contributed by atoms with Crippen LogP contribution in [0.4, 0.5) is 0 Å². The Labute approximate surface area is 210 Å². The summed E-state index contributed by atoms with van der Waals surface area (Å²) in [4.78, 5) is 29.4. The Kier molecular flexibility index (Phi) is 9.34. The van der Waals surface area contributed by atoms with Crippen LogP contribution in [0.25, 0.3) is 0 Å². The van der Waals surface area contributed by atoms with Gasteiger partial charge in [0, 0.05) is 25.4 Å². The highest BCUT2D eigenvalue weighted by atomic mass is 32.2. The SMILES string of the molecule is CCCCc1ncc(C(=O)N[C@H](CC(=O)NO)Cc2ccccc2)n1Cc1ccc(S(=O)(=O)O)cc1. The summed E-state index contributed by atoms with van der Waals surface area (Å²) in [6.45, 7) is 2.31. The number of unbranched alkanes of at least 4 members (excludes halogenated alkanes) is 1. The van der Waals surface area contributed by atoms with Crippen LogP contribution in [0.1, 0.15) is 53.6 Å². The second-order valence-electron chi connectivity index (χ2n) is 8.47. The van der Waals surface area contributed by atoms with E-state index < -0.39 is 28.0 Å². The van der Waals surface area contributed by atoms with E-state index >= 15 is 0 Å². The number of rotatable bonds is 12. The van der Waals surface area contributed by atoms with E-state index in [0.29, 0.717) is 29.9 Å². The van der Waals surface area contributed by atoms with Crippen molar-refractivity contribution in [3.8, 4) is 0 Å². The lowest BCUT2D eigenvalue weighted by Crippen LogP contribution is -2.41. The first-order valence-corrected chi connectivity index (χ1v) is 13.0. The number of aryl methyl sites for hydroxylation is 1. The van der Waals surface area contributed by atoms with E-state index in [1.807, 2.05) is 30.3 Å². The standard InChI is InChI=1S/C25H30N4O6S/c1-2-3-9-23-26-16-22(29(23)17-19-10-12-21(13-11-19)36(33,34)35)25(31)27-20(15-24(30)28-32)14-18-7-5-4-6-8-18/h4-8,10-13,16,20,32H,2-3,9,14-15,17H2,1H3,(H,27,31)(H,28,30)(H,33,34,35)/t20-/m0/s1. The third kappa shape index (κ3) is 7.48. The van der Waals surface area contributed by atoms with Gasteiger partial charge in [0.25, 0.3) is 16.0 Å². The van der Waals surface area contributed by atoms with Gasteiger partial charge in [-0.3, -0.25) is 19.3 Å². The third-order valence-electron chi connectivity index (χ3n) is 5.70. The number of nitrogens with zero attached hydrogens (tertiary/aromatic N) is 2. The van der Waals surface area contributed by atoms with Gasteiger partial charge in [-0.15, -0.1) is 0 Å². The normalized spacial score (nSPS) is 12.2. The number of hydrogen-bond acceptors (Lipinski definition) is 6. The topological polar surface area (TPSA) is 151 Å². The van der Waals surface area contributed by atoms with Crippen LogP contribution in [0.2, 0.25) is 0 Å². The Morgan fingerprint density at radius 3 is 2.36 bits per heavy atom. The Morgan fingerprint density at radius 2 is 1.75 bits per heavy atom. The first kappa shape index (κ1) is 27.1. The molecule has 0 saturated heterocycles. The van der Waals surface area contributed by atoms with Crippen molar-refractivity contribution < 1.29 is 27.8 Å². The largest absolute Gasteiger partial charge is 0.347 e. The Hall–Kier alpha value is -3.54. The molecule has 10 nitrogen and oxygen atoms in total. The van der Waals surface area contributed by atoms with Crippen LogP contribution in [-0.4, -0.2) is 45.6 Å². The van der Waals surface area contributed by atoms with E-state index in [1.165, 1.54) is 18.3 Å². The van der Waals surface area contributed by atoms with Crippen molar-refractivity contribution in [1.82, 2.24) is 20.3 Å². The minimum atomic E-state index is -4.31. The smallest absolute Gasteiger partial charge is 0.294 e. The first-order chi connectivity index (χ1) is 17.2. The molecule has 0 spiro atoms. The molecule has 3 rings (SSSR count). The van der Waals surface area contributed by atoms with Crippen molar-refractivity contribution in [1.29, 1.82) is 0 Å². The van der Waals surface area contributed by atoms with Crippen LogP contribution in [0.15, 0.2) is 65.7 Å². The minimum absolute atomic E-state index is 0.120. The highest BCUT2D eigenvalue weighted by Gasteiger charge is 2.22. The first-order valence-electron chi connectivity index (χ1n) is 11.6. The van der Waals surface area contributed by atoms with Crippen LogP contribution >= 0.6 is 0 Å². The van der Waals surface area contributed by atoms with Crippen molar-refractivity contribution in [2.45, 2.75) is 56.5 Å². The molecule has 1 aromatic heterocycles. The van der Waals surface area contributed by atoms with Gasteiger partial charge in [-0.2, -0.15) is 8.42 Å². The summed E-state index contributed by atoms with van der Waals surface area (Å²) < 4.78 is 33.7. The Bertz CT molecular complexity index is 1270. The molecule has 36 heavy (non-hydrogen) atoms. The molecule has 2 aromatic carbocycles. The molecule has 2 amide bonds. The van der Waals surface area contributed by atoms with E-state index in [-0.39, 0.29) is 17.9 Å². The predicted molar refractivity (Wildman–Crippen MR) is 132 cm³/mol. The fourth-order valence-corrected chi connectivity index (χ4v) is 4.34. The van der Waals surface area contributed by atoms with Crippen molar-refractivity contribution in [2.24, 2.45) is 0 Å². The number of imidazole rings is 1. The van der Waals surface area contributed by atoms with Crippen molar-refractivity contribution in [3.63, 3.8) is 0 Å². The molecular weight excluding hydrogens is 484 g/mol. The van der Waals surface area contributed by atoms with Gasteiger partial charge >= 0.3 is 0 Å². The third-order valence-corrected chi connectivity index (χ3v) is 6.57. The molecule has 0 aliphatic rings. The fraction of sp³-hybridized carbons (Fsp3) is 0.320. The minimum Gasteiger partial charge on any atom is -0.347 e. The van der Waals surface area contributed by atoms with E-state index in [4.69, 9.17) is 5.21 Å². The second kappa shape index (κ2) is 12.4. The molecule has 1 heterocycles. The van der Waals surface area contributed by atoms with Crippen LogP contribution in [0.5, 0.6) is 0 Å². The van der Waals surface area contributed by atoms with Gasteiger partial charge in [0.05, 0.1) is 11.1 Å². The lowest BCUT2D eigenvalue weighted by molar-refractivity contribution is -0.129. The molecule has 192 valence electrons. The van der Waals surface area contributed by atoms with Gasteiger partial charge in [0.2, 0.25) is 5.91 Å². The number of hydroxylamine groups is 1. The molecule has 11 heteroatoms. The van der Waals surface area contributed by atoms with Gasteiger partial charge in [-0.25, -0.2) is 10.5 Å². The Morgan fingerprint density at radius 1 is 1.06 bits per heavy atom. The Balaban J connectivity index is 1.86. The van der Waals surface area contributed by atoms with Crippen LogP contribution in [0, 0.1) is 0 Å². The summed E-state index contributed by atoms with van der Waals surface area (Å²) in [6, 6.07) is 14.5. The zero-order valence-electron chi connectivity index (χ0n) is 19.9.